The van der Waals surface area contributed by atoms with Crippen LogP contribution in [-0.2, 0) is 12.8 Å². The molecule has 2 heterocycles. The Kier molecular flexibility index (Phi) is 2.64. The third kappa shape index (κ3) is 2.03. The van der Waals surface area contributed by atoms with Crippen LogP contribution in [0, 0.1) is 11.6 Å². The summed E-state index contributed by atoms with van der Waals surface area (Å²) in [6.45, 7) is 0. The van der Waals surface area contributed by atoms with Crippen LogP contribution < -0.4 is 0 Å². The Morgan fingerprint density at radius 2 is 2.05 bits per heavy atom. The van der Waals surface area contributed by atoms with E-state index in [0.29, 0.717) is 17.6 Å². The van der Waals surface area contributed by atoms with E-state index in [1.54, 1.807) is 12.1 Å². The topological polar surface area (TPSA) is 28.1 Å². The molecule has 0 fully saturated rings. The van der Waals surface area contributed by atoms with Crippen molar-refractivity contribution in [3.63, 3.8) is 0 Å². The van der Waals surface area contributed by atoms with Crippen LogP contribution in [0.5, 0.6) is 0 Å². The van der Waals surface area contributed by atoms with Crippen molar-refractivity contribution in [2.24, 2.45) is 4.99 Å². The van der Waals surface area contributed by atoms with E-state index >= 15 is 0 Å². The van der Waals surface area contributed by atoms with Crippen molar-refractivity contribution < 1.29 is 8.78 Å². The van der Waals surface area contributed by atoms with Gasteiger partial charge in [0.15, 0.2) is 0 Å². The van der Waals surface area contributed by atoms with Crippen LogP contribution in [-0.4, -0.2) is 10.7 Å². The van der Waals surface area contributed by atoms with Crippen molar-refractivity contribution in [1.82, 2.24) is 4.98 Å². The summed E-state index contributed by atoms with van der Waals surface area (Å²) in [6, 6.07) is 9.72. The molecule has 0 radical (unpaired) electrons. The number of para-hydroxylation sites is 1. The fraction of sp³-hybridized carbons (Fsp3) is 0.118. The van der Waals surface area contributed by atoms with Gasteiger partial charge in [0.2, 0.25) is 0 Å². The molecule has 4 rings (SSSR count). The Labute approximate surface area is 120 Å². The third-order valence-corrected chi connectivity index (χ3v) is 3.87. The largest absolute Gasteiger partial charge is 0.359 e. The molecule has 0 spiro atoms. The van der Waals surface area contributed by atoms with Gasteiger partial charge in [0.05, 0.1) is 11.2 Å². The first-order valence-corrected chi connectivity index (χ1v) is 6.80. The van der Waals surface area contributed by atoms with E-state index in [0.717, 1.165) is 28.6 Å². The molecule has 1 aliphatic rings. The van der Waals surface area contributed by atoms with E-state index < -0.39 is 0 Å². The molecule has 0 unspecified atom stereocenters. The Balaban J connectivity index is 1.68. The van der Waals surface area contributed by atoms with Gasteiger partial charge >= 0.3 is 0 Å². The minimum absolute atomic E-state index is 0.252. The summed E-state index contributed by atoms with van der Waals surface area (Å²) >= 11 is 0. The van der Waals surface area contributed by atoms with Gasteiger partial charge in [0.25, 0.3) is 0 Å². The number of hydrogen-bond donors (Lipinski definition) is 1. The number of aromatic nitrogens is 1. The molecular formula is C17H12F2N2. The van der Waals surface area contributed by atoms with Crippen LogP contribution in [0.1, 0.15) is 11.1 Å². The first kappa shape index (κ1) is 12.3. The molecule has 0 saturated heterocycles. The Hall–Kier alpha value is -2.49. The summed E-state index contributed by atoms with van der Waals surface area (Å²) in [5.41, 5.74) is 4.25. The number of nitrogens with zero attached hydrogens (tertiary/aromatic N) is 1. The van der Waals surface area contributed by atoms with Crippen LogP contribution in [0.4, 0.5) is 14.5 Å². The van der Waals surface area contributed by atoms with Crippen molar-refractivity contribution in [3.05, 3.63) is 65.4 Å². The average Bonchev–Trinajstić information content (AvgIpc) is 3.04. The number of H-pyrrole nitrogens is 1. The second-order valence-electron chi connectivity index (χ2n) is 5.28. The summed E-state index contributed by atoms with van der Waals surface area (Å²) in [6.07, 6.45) is 3.18. The monoisotopic (exact) mass is 282 g/mol. The first-order valence-electron chi connectivity index (χ1n) is 6.80. The maximum Gasteiger partial charge on any atom is 0.147 e. The predicted molar refractivity (Wildman–Crippen MR) is 79.2 cm³/mol. The molecule has 4 heteroatoms. The molecule has 0 bridgehead atoms. The molecule has 1 N–H and O–H groups in total. The van der Waals surface area contributed by atoms with Crippen LogP contribution in [0.3, 0.4) is 0 Å². The predicted octanol–water partition coefficient (Wildman–Crippen LogP) is 4.32. The summed E-state index contributed by atoms with van der Waals surface area (Å²) in [7, 11) is 0. The second-order valence-corrected chi connectivity index (χ2v) is 5.28. The summed E-state index contributed by atoms with van der Waals surface area (Å²) < 4.78 is 26.9. The normalized spacial score (nSPS) is 13.5. The molecular weight excluding hydrogens is 270 g/mol. The highest BCUT2D eigenvalue weighted by molar-refractivity contribution is 5.98. The highest BCUT2D eigenvalue weighted by Crippen LogP contribution is 2.29. The molecule has 2 nitrogen and oxygen atoms in total. The lowest BCUT2D eigenvalue weighted by atomic mass is 10.0. The van der Waals surface area contributed by atoms with Gasteiger partial charge in [-0.3, -0.25) is 4.99 Å². The molecule has 1 aromatic heterocycles. The SMILES string of the molecule is Fc1ccc2c(c1)N=C(Cc1c[nH]c3c(F)cccc13)C2. The summed E-state index contributed by atoms with van der Waals surface area (Å²) in [4.78, 5) is 7.46. The number of rotatable bonds is 2. The molecule has 0 aliphatic carbocycles. The number of aliphatic imine (C=N–C) groups is 1. The van der Waals surface area contributed by atoms with Crippen LogP contribution >= 0.6 is 0 Å². The molecule has 2 aromatic carbocycles. The number of halogens is 2. The molecule has 0 amide bonds. The Morgan fingerprint density at radius 3 is 2.95 bits per heavy atom. The highest BCUT2D eigenvalue weighted by atomic mass is 19.1. The molecule has 0 atom stereocenters. The van der Waals surface area contributed by atoms with E-state index in [4.69, 9.17) is 0 Å². The van der Waals surface area contributed by atoms with Gasteiger partial charge in [-0.05, 0) is 29.3 Å². The number of fused-ring (bicyclic) bond motifs is 2. The van der Waals surface area contributed by atoms with Crippen molar-refractivity contribution >= 4 is 22.3 Å². The lowest BCUT2D eigenvalue weighted by Gasteiger charge is -1.99. The molecule has 1 aliphatic heterocycles. The van der Waals surface area contributed by atoms with Crippen molar-refractivity contribution in [2.45, 2.75) is 12.8 Å². The van der Waals surface area contributed by atoms with Crippen molar-refractivity contribution in [3.8, 4) is 0 Å². The minimum Gasteiger partial charge on any atom is -0.359 e. The number of hydrogen-bond acceptors (Lipinski definition) is 1. The van der Waals surface area contributed by atoms with Crippen LogP contribution in [0.25, 0.3) is 10.9 Å². The van der Waals surface area contributed by atoms with E-state index in [1.807, 2.05) is 12.3 Å². The molecule has 3 aromatic rings. The number of nitrogens with one attached hydrogen (secondary N) is 1. The lowest BCUT2D eigenvalue weighted by Crippen LogP contribution is -2.02. The van der Waals surface area contributed by atoms with Gasteiger partial charge < -0.3 is 4.98 Å². The Morgan fingerprint density at radius 1 is 1.14 bits per heavy atom. The molecule has 21 heavy (non-hydrogen) atoms. The van der Waals surface area contributed by atoms with Crippen molar-refractivity contribution in [1.29, 1.82) is 0 Å². The van der Waals surface area contributed by atoms with Crippen molar-refractivity contribution in [2.75, 3.05) is 0 Å². The van der Waals surface area contributed by atoms with Gasteiger partial charge in [-0.25, -0.2) is 8.78 Å². The zero-order valence-corrected chi connectivity index (χ0v) is 11.2. The van der Waals surface area contributed by atoms with Gasteiger partial charge in [0.1, 0.15) is 11.6 Å². The number of benzene rings is 2. The third-order valence-electron chi connectivity index (χ3n) is 3.87. The standard InChI is InChI=1S/C17H12F2N2/c18-12-5-4-10-6-13(21-16(10)8-12)7-11-9-20-17-14(11)2-1-3-15(17)19/h1-5,8-9,20H,6-7H2. The first-order chi connectivity index (χ1) is 10.2. The fourth-order valence-electron chi connectivity index (χ4n) is 2.86. The van der Waals surface area contributed by atoms with Gasteiger partial charge in [-0.15, -0.1) is 0 Å². The number of aromatic amines is 1. The van der Waals surface area contributed by atoms with E-state index in [-0.39, 0.29) is 11.6 Å². The lowest BCUT2D eigenvalue weighted by molar-refractivity contribution is 0.628. The zero-order chi connectivity index (χ0) is 14.4. The Bertz CT molecular complexity index is 878. The minimum atomic E-state index is -0.270. The smallest absolute Gasteiger partial charge is 0.147 e. The zero-order valence-electron chi connectivity index (χ0n) is 11.2. The summed E-state index contributed by atoms with van der Waals surface area (Å²) in [5, 5.41) is 0.875. The molecule has 0 saturated carbocycles. The van der Waals surface area contributed by atoms with E-state index in [1.165, 1.54) is 18.2 Å². The fourth-order valence-corrected chi connectivity index (χ4v) is 2.86. The second kappa shape index (κ2) is 4.52. The summed E-state index contributed by atoms with van der Waals surface area (Å²) in [5.74, 6) is -0.523. The van der Waals surface area contributed by atoms with E-state index in [9.17, 15) is 8.78 Å². The van der Waals surface area contributed by atoms with E-state index in [2.05, 4.69) is 9.98 Å². The van der Waals surface area contributed by atoms with Gasteiger partial charge in [0, 0.05) is 30.1 Å². The maximum absolute atomic E-state index is 13.7. The average molecular weight is 282 g/mol. The maximum atomic E-state index is 13.7. The van der Waals surface area contributed by atoms with Crippen LogP contribution in [0.15, 0.2) is 47.6 Å². The van der Waals surface area contributed by atoms with Crippen LogP contribution in [0.2, 0.25) is 0 Å². The molecule has 104 valence electrons. The quantitative estimate of drug-likeness (QED) is 0.725. The highest BCUT2D eigenvalue weighted by Gasteiger charge is 2.17. The van der Waals surface area contributed by atoms with Gasteiger partial charge in [-0.2, -0.15) is 0 Å². The van der Waals surface area contributed by atoms with Gasteiger partial charge in [-0.1, -0.05) is 18.2 Å².